The van der Waals surface area contributed by atoms with Crippen LogP contribution in [0.15, 0.2) is 42.6 Å². The smallest absolute Gasteiger partial charge is 0.272 e. The number of carbonyl (C=O) groups excluding carboxylic acids is 1. The molecule has 3 heterocycles. The largest absolute Gasteiger partial charge is 0.497 e. The van der Waals surface area contributed by atoms with E-state index in [0.717, 1.165) is 51.2 Å². The number of aromatic nitrogens is 1. The van der Waals surface area contributed by atoms with Crippen LogP contribution in [0.25, 0.3) is 0 Å². The summed E-state index contributed by atoms with van der Waals surface area (Å²) in [5.74, 6) is 1.71. The van der Waals surface area contributed by atoms with Gasteiger partial charge >= 0.3 is 0 Å². The molecule has 1 aromatic heterocycles. The average Bonchev–Trinajstić information content (AvgIpc) is 2.82. The van der Waals surface area contributed by atoms with Crippen LogP contribution in [0.5, 0.6) is 11.5 Å². The van der Waals surface area contributed by atoms with Crippen LogP contribution >= 0.6 is 0 Å². The zero-order chi connectivity index (χ0) is 22.4. The van der Waals surface area contributed by atoms with Crippen LogP contribution in [0.1, 0.15) is 48.2 Å². The van der Waals surface area contributed by atoms with Gasteiger partial charge in [-0.25, -0.2) is 0 Å². The van der Waals surface area contributed by atoms with Gasteiger partial charge in [-0.2, -0.15) is 0 Å². The number of carbonyl (C=O) groups is 1. The van der Waals surface area contributed by atoms with Gasteiger partial charge < -0.3 is 19.3 Å². The highest BCUT2D eigenvalue weighted by Gasteiger charge is 2.37. The van der Waals surface area contributed by atoms with Crippen LogP contribution in [0.4, 0.5) is 0 Å². The van der Waals surface area contributed by atoms with E-state index in [0.29, 0.717) is 18.1 Å². The Morgan fingerprint density at radius 1 is 1.09 bits per heavy atom. The van der Waals surface area contributed by atoms with E-state index in [1.165, 1.54) is 24.8 Å². The Balaban J connectivity index is 1.40. The van der Waals surface area contributed by atoms with Crippen molar-refractivity contribution in [2.24, 2.45) is 5.41 Å². The first kappa shape index (κ1) is 22.6. The summed E-state index contributed by atoms with van der Waals surface area (Å²) in [6.07, 6.45) is 8.35. The first-order valence-corrected chi connectivity index (χ1v) is 11.8. The Morgan fingerprint density at radius 2 is 1.91 bits per heavy atom. The molecule has 32 heavy (non-hydrogen) atoms. The van der Waals surface area contributed by atoms with Crippen molar-refractivity contribution in [1.82, 2.24) is 14.8 Å². The van der Waals surface area contributed by atoms with Crippen LogP contribution < -0.4 is 9.47 Å². The van der Waals surface area contributed by atoms with Crippen LogP contribution in [0.2, 0.25) is 0 Å². The lowest BCUT2D eigenvalue weighted by Crippen LogP contribution is -2.48. The molecule has 2 aliphatic rings. The number of likely N-dealkylation sites (N-methyl/N-ethyl adjacent to an activating group) is 1. The first-order valence-electron chi connectivity index (χ1n) is 11.8. The molecule has 0 bridgehead atoms. The molecule has 0 aliphatic carbocycles. The predicted molar refractivity (Wildman–Crippen MR) is 125 cm³/mol. The van der Waals surface area contributed by atoms with E-state index in [-0.39, 0.29) is 11.3 Å². The van der Waals surface area contributed by atoms with E-state index in [1.807, 2.05) is 4.90 Å². The molecule has 2 aromatic rings. The molecule has 1 fully saturated rings. The van der Waals surface area contributed by atoms with Crippen molar-refractivity contribution in [1.29, 1.82) is 0 Å². The molecule has 1 spiro atoms. The van der Waals surface area contributed by atoms with Gasteiger partial charge in [0, 0.05) is 38.4 Å². The van der Waals surface area contributed by atoms with Gasteiger partial charge in [0.25, 0.3) is 5.91 Å². The number of methoxy groups -OCH3 is 1. The van der Waals surface area contributed by atoms with Crippen molar-refractivity contribution in [3.05, 3.63) is 53.9 Å². The number of nitrogens with zero attached hydrogens (tertiary/aromatic N) is 3. The topological polar surface area (TPSA) is 54.9 Å². The Kier molecular flexibility index (Phi) is 7.30. The third kappa shape index (κ3) is 5.41. The van der Waals surface area contributed by atoms with Gasteiger partial charge in [0.05, 0.1) is 7.11 Å². The molecule has 172 valence electrons. The van der Waals surface area contributed by atoms with Gasteiger partial charge in [0.15, 0.2) is 0 Å². The number of amides is 1. The molecule has 6 heteroatoms. The normalized spacial score (nSPS) is 19.9. The lowest BCUT2D eigenvalue weighted by atomic mass is 9.73. The van der Waals surface area contributed by atoms with Crippen molar-refractivity contribution in [3.63, 3.8) is 0 Å². The SMILES string of the molecule is COc1ccnc(C(=O)N2CCC3(CCCCc4ccccc4OCCN(C)C3)CC2)c1. The highest BCUT2D eigenvalue weighted by molar-refractivity contribution is 5.92. The van der Waals surface area contributed by atoms with E-state index in [4.69, 9.17) is 9.47 Å². The quantitative estimate of drug-likeness (QED) is 0.710. The highest BCUT2D eigenvalue weighted by atomic mass is 16.5. The fourth-order valence-corrected chi connectivity index (χ4v) is 5.12. The molecule has 0 saturated carbocycles. The second-order valence-electron chi connectivity index (χ2n) is 9.27. The lowest BCUT2D eigenvalue weighted by Gasteiger charge is -2.44. The van der Waals surface area contributed by atoms with E-state index in [9.17, 15) is 4.79 Å². The summed E-state index contributed by atoms with van der Waals surface area (Å²) in [5, 5.41) is 0. The minimum atomic E-state index is 0.00488. The summed E-state index contributed by atoms with van der Waals surface area (Å²) in [7, 11) is 3.80. The summed E-state index contributed by atoms with van der Waals surface area (Å²) >= 11 is 0. The summed E-state index contributed by atoms with van der Waals surface area (Å²) in [5.41, 5.74) is 2.04. The molecular formula is C26H35N3O3. The van der Waals surface area contributed by atoms with Gasteiger partial charge in [-0.15, -0.1) is 0 Å². The van der Waals surface area contributed by atoms with Crippen molar-refractivity contribution in [3.8, 4) is 11.5 Å². The number of benzene rings is 1. The van der Waals surface area contributed by atoms with Gasteiger partial charge in [-0.3, -0.25) is 9.78 Å². The number of piperidine rings is 1. The first-order chi connectivity index (χ1) is 15.6. The second kappa shape index (κ2) is 10.3. The molecule has 2 aliphatic heterocycles. The Hall–Kier alpha value is -2.60. The van der Waals surface area contributed by atoms with Gasteiger partial charge in [0.2, 0.25) is 0 Å². The Labute approximate surface area is 191 Å². The molecule has 0 radical (unpaired) electrons. The number of likely N-dealkylation sites (tertiary alicyclic amines) is 1. The highest BCUT2D eigenvalue weighted by Crippen LogP contribution is 2.38. The van der Waals surface area contributed by atoms with Crippen LogP contribution in [-0.4, -0.2) is 67.6 Å². The monoisotopic (exact) mass is 437 g/mol. The number of pyridine rings is 1. The fourth-order valence-electron chi connectivity index (χ4n) is 5.12. The predicted octanol–water partition coefficient (Wildman–Crippen LogP) is 4.05. The summed E-state index contributed by atoms with van der Waals surface area (Å²) in [6, 6.07) is 11.9. The molecule has 0 unspecified atom stereocenters. The number of aryl methyl sites for hydroxylation is 1. The van der Waals surface area contributed by atoms with Gasteiger partial charge in [-0.05, 0) is 62.3 Å². The number of rotatable bonds is 2. The zero-order valence-corrected chi connectivity index (χ0v) is 19.4. The number of hydrogen-bond acceptors (Lipinski definition) is 5. The van der Waals surface area contributed by atoms with Gasteiger partial charge in [0.1, 0.15) is 23.8 Å². The standard InChI is InChI=1S/C26H35N3O3/c1-28-17-18-32-24-9-4-3-7-21(24)8-5-6-11-26(20-28)12-15-29(16-13-26)25(30)23-19-22(31-2)10-14-27-23/h3-4,7,9-10,14,19H,5-6,8,11-13,15-18,20H2,1-2H3. The maximum Gasteiger partial charge on any atom is 0.272 e. The number of ether oxygens (including phenoxy) is 2. The van der Waals surface area contributed by atoms with E-state index >= 15 is 0 Å². The number of para-hydroxylation sites is 1. The Morgan fingerprint density at radius 3 is 2.72 bits per heavy atom. The van der Waals surface area contributed by atoms with Crippen LogP contribution in [0.3, 0.4) is 0 Å². The molecule has 1 amide bonds. The molecule has 6 nitrogen and oxygen atoms in total. The zero-order valence-electron chi connectivity index (χ0n) is 19.4. The van der Waals surface area contributed by atoms with Gasteiger partial charge in [-0.1, -0.05) is 24.6 Å². The molecule has 0 atom stereocenters. The van der Waals surface area contributed by atoms with E-state index in [2.05, 4.69) is 41.2 Å². The van der Waals surface area contributed by atoms with Crippen molar-refractivity contribution >= 4 is 5.91 Å². The summed E-state index contributed by atoms with van der Waals surface area (Å²) < 4.78 is 11.4. The summed E-state index contributed by atoms with van der Waals surface area (Å²) in [6.45, 7) is 4.23. The van der Waals surface area contributed by atoms with Crippen LogP contribution in [-0.2, 0) is 6.42 Å². The fraction of sp³-hybridized carbons (Fsp3) is 0.538. The molecule has 4 rings (SSSR count). The van der Waals surface area contributed by atoms with Crippen molar-refractivity contribution < 1.29 is 14.3 Å². The second-order valence-corrected chi connectivity index (χ2v) is 9.27. The molecule has 0 N–H and O–H groups in total. The lowest BCUT2D eigenvalue weighted by molar-refractivity contribution is 0.0420. The third-order valence-electron chi connectivity index (χ3n) is 7.01. The third-order valence-corrected chi connectivity index (χ3v) is 7.01. The average molecular weight is 438 g/mol. The van der Waals surface area contributed by atoms with Crippen molar-refractivity contribution in [2.45, 2.75) is 38.5 Å². The molecule has 1 aromatic carbocycles. The Bertz CT molecular complexity index is 909. The summed E-state index contributed by atoms with van der Waals surface area (Å²) in [4.78, 5) is 21.7. The van der Waals surface area contributed by atoms with E-state index in [1.54, 1.807) is 25.4 Å². The van der Waals surface area contributed by atoms with E-state index < -0.39 is 0 Å². The number of hydrogen-bond donors (Lipinski definition) is 0. The number of fused-ring (bicyclic) bond motifs is 1. The molecule has 1 saturated heterocycles. The van der Waals surface area contributed by atoms with Crippen molar-refractivity contribution in [2.75, 3.05) is 46.9 Å². The minimum absolute atomic E-state index is 0.00488. The molecular weight excluding hydrogens is 402 g/mol. The maximum absolute atomic E-state index is 13.0. The minimum Gasteiger partial charge on any atom is -0.497 e. The van der Waals surface area contributed by atoms with Crippen LogP contribution in [0, 0.1) is 5.41 Å². The maximum atomic E-state index is 13.0.